The van der Waals surface area contributed by atoms with Crippen molar-refractivity contribution in [3.05, 3.63) is 16.9 Å². The number of rotatable bonds is 3. The van der Waals surface area contributed by atoms with Crippen molar-refractivity contribution in [1.29, 1.82) is 0 Å². The Morgan fingerprint density at radius 3 is 2.73 bits per heavy atom. The molecule has 0 aliphatic heterocycles. The Bertz CT molecular complexity index is 621. The summed E-state index contributed by atoms with van der Waals surface area (Å²) in [4.78, 5) is 21.0. The van der Waals surface area contributed by atoms with Crippen molar-refractivity contribution in [3.63, 3.8) is 0 Å². The number of thioether (sulfide) groups is 1. The summed E-state index contributed by atoms with van der Waals surface area (Å²) in [7, 11) is 0. The van der Waals surface area contributed by atoms with E-state index in [1.54, 1.807) is 0 Å². The molecule has 1 heterocycles. The van der Waals surface area contributed by atoms with Gasteiger partial charge in [0.25, 0.3) is 5.91 Å². The van der Waals surface area contributed by atoms with E-state index in [9.17, 15) is 4.79 Å². The standard InChI is InChI=1S/C16H22ClN3OS/c1-15(2)9-5-6-16(15,3)11(7-9)19-13(21)12-10(17)8-18-14(20-12)22-4/h8-9,11H,5-7H2,1-4H3,(H,19,21). The Balaban J connectivity index is 1.82. The third-order valence-electron chi connectivity index (χ3n) is 6.22. The number of carbonyl (C=O) groups is 1. The van der Waals surface area contributed by atoms with E-state index in [4.69, 9.17) is 11.6 Å². The van der Waals surface area contributed by atoms with Crippen molar-refractivity contribution in [2.45, 2.75) is 51.2 Å². The number of halogens is 1. The van der Waals surface area contributed by atoms with Gasteiger partial charge in [0.1, 0.15) is 0 Å². The lowest BCUT2D eigenvalue weighted by Crippen LogP contribution is -2.47. The first-order valence-electron chi connectivity index (χ1n) is 7.67. The van der Waals surface area contributed by atoms with Crippen LogP contribution in [-0.4, -0.2) is 28.2 Å². The van der Waals surface area contributed by atoms with Crippen molar-refractivity contribution in [2.24, 2.45) is 16.7 Å². The van der Waals surface area contributed by atoms with E-state index in [0.29, 0.717) is 16.1 Å². The van der Waals surface area contributed by atoms with E-state index in [-0.39, 0.29) is 28.5 Å². The molecule has 2 aliphatic rings. The maximum atomic E-state index is 12.6. The molecule has 120 valence electrons. The van der Waals surface area contributed by atoms with E-state index in [0.717, 1.165) is 6.42 Å². The van der Waals surface area contributed by atoms with Gasteiger partial charge in [-0.15, -0.1) is 0 Å². The summed E-state index contributed by atoms with van der Waals surface area (Å²) in [6.45, 7) is 6.97. The number of fused-ring (bicyclic) bond motifs is 2. The van der Waals surface area contributed by atoms with Gasteiger partial charge in [-0.25, -0.2) is 9.97 Å². The molecule has 4 nitrogen and oxygen atoms in total. The summed E-state index contributed by atoms with van der Waals surface area (Å²) in [5.41, 5.74) is 0.699. The number of aromatic nitrogens is 2. The molecule has 22 heavy (non-hydrogen) atoms. The third-order valence-corrected chi connectivity index (χ3v) is 7.06. The lowest BCUT2D eigenvalue weighted by atomic mass is 9.69. The maximum absolute atomic E-state index is 12.6. The lowest BCUT2D eigenvalue weighted by Gasteiger charge is -2.39. The summed E-state index contributed by atoms with van der Waals surface area (Å²) < 4.78 is 0. The largest absolute Gasteiger partial charge is 0.347 e. The summed E-state index contributed by atoms with van der Waals surface area (Å²) in [5.74, 6) is 0.503. The average Bonchev–Trinajstić information content (AvgIpc) is 2.81. The Hall–Kier alpha value is -0.810. The summed E-state index contributed by atoms with van der Waals surface area (Å²) in [6.07, 6.45) is 6.86. The minimum Gasteiger partial charge on any atom is -0.347 e. The van der Waals surface area contributed by atoms with Gasteiger partial charge in [-0.1, -0.05) is 44.1 Å². The van der Waals surface area contributed by atoms with Crippen LogP contribution in [0.4, 0.5) is 0 Å². The summed E-state index contributed by atoms with van der Waals surface area (Å²) in [6, 6.07) is 0.192. The van der Waals surface area contributed by atoms with Crippen LogP contribution in [0.2, 0.25) is 5.02 Å². The van der Waals surface area contributed by atoms with Crippen LogP contribution in [0.25, 0.3) is 0 Å². The molecule has 1 N–H and O–H groups in total. The Morgan fingerprint density at radius 2 is 2.18 bits per heavy atom. The summed E-state index contributed by atoms with van der Waals surface area (Å²) >= 11 is 7.51. The highest BCUT2D eigenvalue weighted by molar-refractivity contribution is 7.98. The van der Waals surface area contributed by atoms with Crippen LogP contribution in [-0.2, 0) is 0 Å². The molecule has 0 radical (unpaired) electrons. The first-order valence-corrected chi connectivity index (χ1v) is 9.27. The quantitative estimate of drug-likeness (QED) is 0.672. The van der Waals surface area contributed by atoms with E-state index in [2.05, 4.69) is 36.1 Å². The van der Waals surface area contributed by atoms with Gasteiger partial charge in [0.15, 0.2) is 10.9 Å². The first kappa shape index (κ1) is 16.1. The molecule has 2 saturated carbocycles. The number of hydrogen-bond donors (Lipinski definition) is 1. The van der Waals surface area contributed by atoms with Crippen LogP contribution >= 0.6 is 23.4 Å². The van der Waals surface area contributed by atoms with Crippen LogP contribution in [0, 0.1) is 16.7 Å². The van der Waals surface area contributed by atoms with Crippen LogP contribution < -0.4 is 5.32 Å². The molecule has 2 aliphatic carbocycles. The van der Waals surface area contributed by atoms with Gasteiger partial charge >= 0.3 is 0 Å². The highest BCUT2D eigenvalue weighted by Gasteiger charge is 2.61. The van der Waals surface area contributed by atoms with Crippen molar-refractivity contribution in [1.82, 2.24) is 15.3 Å². The fourth-order valence-corrected chi connectivity index (χ4v) is 4.77. The van der Waals surface area contributed by atoms with Crippen molar-refractivity contribution >= 4 is 29.3 Å². The number of amides is 1. The van der Waals surface area contributed by atoms with Gasteiger partial charge in [0, 0.05) is 6.04 Å². The zero-order valence-electron chi connectivity index (χ0n) is 13.4. The molecule has 2 fully saturated rings. The van der Waals surface area contributed by atoms with Crippen LogP contribution in [0.15, 0.2) is 11.4 Å². The van der Waals surface area contributed by atoms with Gasteiger partial charge in [0.2, 0.25) is 0 Å². The van der Waals surface area contributed by atoms with Crippen LogP contribution in [0.3, 0.4) is 0 Å². The predicted molar refractivity (Wildman–Crippen MR) is 89.3 cm³/mol. The second-order valence-corrected chi connectivity index (χ2v) is 8.37. The Morgan fingerprint density at radius 1 is 1.45 bits per heavy atom. The molecular weight excluding hydrogens is 318 g/mol. The number of carbonyl (C=O) groups excluding carboxylic acids is 1. The Labute approximate surface area is 140 Å². The second kappa shape index (κ2) is 5.38. The lowest BCUT2D eigenvalue weighted by molar-refractivity contribution is 0.0821. The highest BCUT2D eigenvalue weighted by Crippen LogP contribution is 2.65. The minimum absolute atomic E-state index is 0.148. The smallest absolute Gasteiger partial charge is 0.271 e. The molecule has 2 bridgehead atoms. The normalized spacial score (nSPS) is 32.2. The first-order chi connectivity index (χ1) is 10.3. The fraction of sp³-hybridized carbons (Fsp3) is 0.688. The maximum Gasteiger partial charge on any atom is 0.271 e. The van der Waals surface area contributed by atoms with Gasteiger partial charge in [-0.05, 0) is 42.3 Å². The molecule has 1 aromatic heterocycles. The van der Waals surface area contributed by atoms with Gasteiger partial charge in [-0.2, -0.15) is 0 Å². The molecule has 6 heteroatoms. The van der Waals surface area contributed by atoms with Gasteiger partial charge < -0.3 is 5.32 Å². The molecular formula is C16H22ClN3OS. The van der Waals surface area contributed by atoms with E-state index in [1.807, 2.05) is 6.26 Å². The molecule has 0 aromatic carbocycles. The van der Waals surface area contributed by atoms with Crippen molar-refractivity contribution < 1.29 is 4.79 Å². The molecule has 3 atom stereocenters. The molecule has 3 unspecified atom stereocenters. The number of nitrogens with one attached hydrogen (secondary N) is 1. The molecule has 0 spiro atoms. The average molecular weight is 340 g/mol. The van der Waals surface area contributed by atoms with E-state index < -0.39 is 0 Å². The number of hydrogen-bond acceptors (Lipinski definition) is 4. The molecule has 1 aromatic rings. The number of nitrogens with zero attached hydrogens (tertiary/aromatic N) is 2. The monoisotopic (exact) mass is 339 g/mol. The topological polar surface area (TPSA) is 54.9 Å². The Kier molecular flexibility index (Phi) is 3.92. The van der Waals surface area contributed by atoms with Crippen molar-refractivity contribution in [3.8, 4) is 0 Å². The zero-order chi connectivity index (χ0) is 16.1. The van der Waals surface area contributed by atoms with Crippen molar-refractivity contribution in [2.75, 3.05) is 6.26 Å². The van der Waals surface area contributed by atoms with E-state index in [1.165, 1.54) is 30.8 Å². The SMILES string of the molecule is CSc1ncc(Cl)c(C(=O)NC2CC3CCC2(C)C3(C)C)n1. The predicted octanol–water partition coefficient (Wildman–Crippen LogP) is 3.80. The molecule has 0 saturated heterocycles. The summed E-state index contributed by atoms with van der Waals surface area (Å²) in [5, 5.41) is 4.06. The van der Waals surface area contributed by atoms with Gasteiger partial charge in [-0.3, -0.25) is 4.79 Å². The van der Waals surface area contributed by atoms with Crippen LogP contribution in [0.1, 0.15) is 50.5 Å². The third kappa shape index (κ3) is 2.24. The minimum atomic E-state index is -0.183. The van der Waals surface area contributed by atoms with Gasteiger partial charge in [0.05, 0.1) is 11.2 Å². The molecule has 1 amide bonds. The highest BCUT2D eigenvalue weighted by atomic mass is 35.5. The van der Waals surface area contributed by atoms with Crippen LogP contribution in [0.5, 0.6) is 0 Å². The van der Waals surface area contributed by atoms with E-state index >= 15 is 0 Å². The molecule has 3 rings (SSSR count). The second-order valence-electron chi connectivity index (χ2n) is 7.19. The zero-order valence-corrected chi connectivity index (χ0v) is 15.0. The fourth-order valence-electron chi connectivity index (χ4n) is 4.26.